The highest BCUT2D eigenvalue weighted by Gasteiger charge is 2.45. The zero-order valence-electron chi connectivity index (χ0n) is 22.7. The molecular formula is C26H38F2N6O6. The summed E-state index contributed by atoms with van der Waals surface area (Å²) in [5, 5.41) is 17.0. The fraction of sp³-hybridized carbons (Fsp3) is 0.731. The number of nitrogens with two attached hydrogens (primary N) is 1. The van der Waals surface area contributed by atoms with Gasteiger partial charge in [-0.2, -0.15) is 0 Å². The summed E-state index contributed by atoms with van der Waals surface area (Å²) in [7, 11) is 1.61. The molecule has 2 unspecified atom stereocenters. The summed E-state index contributed by atoms with van der Waals surface area (Å²) >= 11 is 0. The molecular weight excluding hydrogens is 530 g/mol. The van der Waals surface area contributed by atoms with Gasteiger partial charge in [-0.05, 0) is 24.7 Å². The summed E-state index contributed by atoms with van der Waals surface area (Å²) in [5.41, 5.74) is 2.73. The first-order chi connectivity index (χ1) is 18.9. The first-order valence-electron chi connectivity index (χ1n) is 13.8. The number of aromatic amines is 1. The molecule has 5 rings (SSSR count). The molecule has 12 nitrogen and oxygen atoms in total. The molecule has 40 heavy (non-hydrogen) atoms. The van der Waals surface area contributed by atoms with E-state index in [9.17, 15) is 33.1 Å². The summed E-state index contributed by atoms with van der Waals surface area (Å²) in [5.74, 6) is -3.71. The largest absolute Gasteiger partial charge is 0.494 e. The molecule has 2 aliphatic carbocycles. The van der Waals surface area contributed by atoms with Crippen molar-refractivity contribution >= 4 is 17.8 Å². The quantitative estimate of drug-likeness (QED) is 0.220. The van der Waals surface area contributed by atoms with Gasteiger partial charge in [0.25, 0.3) is 11.5 Å². The van der Waals surface area contributed by atoms with E-state index in [4.69, 9.17) is 15.9 Å². The maximum absolute atomic E-state index is 13.1. The number of aromatic nitrogens is 2. The van der Waals surface area contributed by atoms with E-state index in [1.165, 1.54) is 37.0 Å². The lowest BCUT2D eigenvalue weighted by molar-refractivity contribution is -0.128. The Balaban J connectivity index is 0.000000185. The average molecular weight is 569 g/mol. The number of urea groups is 1. The molecule has 14 heteroatoms. The highest BCUT2D eigenvalue weighted by molar-refractivity contribution is 6.03. The second-order valence-corrected chi connectivity index (χ2v) is 11.4. The lowest BCUT2D eigenvalue weighted by Gasteiger charge is -2.33. The molecule has 5 N–H and O–H groups in total. The summed E-state index contributed by atoms with van der Waals surface area (Å²) < 4.78 is 32.2. The zero-order valence-corrected chi connectivity index (χ0v) is 22.7. The van der Waals surface area contributed by atoms with E-state index in [2.05, 4.69) is 0 Å². The Labute approximate surface area is 230 Å². The van der Waals surface area contributed by atoms with Crippen LogP contribution in [0.15, 0.2) is 9.59 Å². The van der Waals surface area contributed by atoms with Crippen LogP contribution in [0.5, 0.6) is 5.88 Å². The lowest BCUT2D eigenvalue weighted by Crippen LogP contribution is -2.45. The van der Waals surface area contributed by atoms with Crippen molar-refractivity contribution in [1.82, 2.24) is 19.4 Å². The van der Waals surface area contributed by atoms with Gasteiger partial charge < -0.3 is 20.5 Å². The van der Waals surface area contributed by atoms with Gasteiger partial charge in [-0.3, -0.25) is 29.4 Å². The van der Waals surface area contributed by atoms with Gasteiger partial charge >= 0.3 is 11.7 Å². The third-order valence-corrected chi connectivity index (χ3v) is 8.36. The van der Waals surface area contributed by atoms with Crippen molar-refractivity contribution in [3.63, 3.8) is 0 Å². The maximum Gasteiger partial charge on any atom is 0.331 e. The summed E-state index contributed by atoms with van der Waals surface area (Å²) in [4.78, 5) is 52.6. The molecule has 2 saturated heterocycles. The molecule has 3 amide bonds. The lowest BCUT2D eigenvalue weighted by atomic mass is 9.84. The molecule has 2 aliphatic heterocycles. The van der Waals surface area contributed by atoms with Gasteiger partial charge in [0.15, 0.2) is 0 Å². The number of aromatic hydroxyl groups is 1. The van der Waals surface area contributed by atoms with Crippen LogP contribution in [0.1, 0.15) is 63.4 Å². The number of carbonyl (C=O) groups is 2. The van der Waals surface area contributed by atoms with Crippen LogP contribution in [0, 0.1) is 23.2 Å². The van der Waals surface area contributed by atoms with Crippen molar-refractivity contribution in [1.29, 1.82) is 5.41 Å². The zero-order chi connectivity index (χ0) is 29.2. The first-order valence-corrected chi connectivity index (χ1v) is 13.8. The Morgan fingerprint density at radius 3 is 2.30 bits per heavy atom. The van der Waals surface area contributed by atoms with Crippen LogP contribution in [0.4, 0.5) is 13.6 Å². The van der Waals surface area contributed by atoms with Crippen LogP contribution in [-0.4, -0.2) is 81.0 Å². The number of likely N-dealkylation sites (N-methyl/N-ethyl adjacent to an activating group) is 1. The van der Waals surface area contributed by atoms with E-state index in [0.717, 1.165) is 24.2 Å². The van der Waals surface area contributed by atoms with Gasteiger partial charge in [0.05, 0.1) is 13.2 Å². The van der Waals surface area contributed by atoms with Gasteiger partial charge in [-0.15, -0.1) is 0 Å². The van der Waals surface area contributed by atoms with E-state index in [-0.39, 0.29) is 43.8 Å². The summed E-state index contributed by atoms with van der Waals surface area (Å²) in [6, 6.07) is -0.348. The summed E-state index contributed by atoms with van der Waals surface area (Å²) in [6.07, 6.45) is 6.69. The number of carbonyl (C=O) groups excluding carboxylic acids is 2. The molecule has 0 bridgehead atoms. The number of amides is 3. The minimum atomic E-state index is -2.77. The molecule has 1 aromatic heterocycles. The number of imide groups is 1. The van der Waals surface area contributed by atoms with Gasteiger partial charge in [0, 0.05) is 38.9 Å². The third-order valence-electron chi connectivity index (χ3n) is 8.36. The van der Waals surface area contributed by atoms with Crippen LogP contribution in [0.25, 0.3) is 0 Å². The number of halogens is 2. The number of rotatable bonds is 7. The SMILES string of the molecule is CN1C(=O)C(CC2CCCCC2)N(CC2COC2)C1=O.N=C(N)c1c(O)n(CC2CCC(F)(F)C2)c(=O)[nH]c1=O. The highest BCUT2D eigenvalue weighted by atomic mass is 19.3. The van der Waals surface area contributed by atoms with E-state index in [0.29, 0.717) is 18.4 Å². The Kier molecular flexibility index (Phi) is 8.96. The first kappa shape index (κ1) is 29.7. The fourth-order valence-corrected chi connectivity index (χ4v) is 6.04. The highest BCUT2D eigenvalue weighted by Crippen LogP contribution is 2.39. The molecule has 0 radical (unpaired) electrons. The van der Waals surface area contributed by atoms with Gasteiger partial charge in [-0.1, -0.05) is 32.1 Å². The Morgan fingerprint density at radius 2 is 1.75 bits per heavy atom. The maximum atomic E-state index is 13.1. The number of nitrogens with one attached hydrogen (secondary N) is 2. The topological polar surface area (TPSA) is 175 Å². The predicted octanol–water partition coefficient (Wildman–Crippen LogP) is 1.83. The number of H-pyrrole nitrogens is 1. The second kappa shape index (κ2) is 12.1. The van der Waals surface area contributed by atoms with Gasteiger partial charge in [0.2, 0.25) is 11.8 Å². The van der Waals surface area contributed by atoms with Gasteiger partial charge in [0.1, 0.15) is 17.4 Å². The number of hydrogen-bond donors (Lipinski definition) is 4. The number of amidine groups is 1. The molecule has 0 aromatic carbocycles. The minimum Gasteiger partial charge on any atom is -0.494 e. The van der Waals surface area contributed by atoms with Crippen molar-refractivity contribution in [2.75, 3.05) is 26.8 Å². The molecule has 3 heterocycles. The molecule has 1 aromatic rings. The average Bonchev–Trinajstić information content (AvgIpc) is 3.31. The van der Waals surface area contributed by atoms with Crippen LogP contribution in [-0.2, 0) is 16.1 Å². The molecule has 4 aliphatic rings. The Hall–Kier alpha value is -3.29. The van der Waals surface area contributed by atoms with E-state index < -0.39 is 40.4 Å². The molecule has 0 spiro atoms. The smallest absolute Gasteiger partial charge is 0.331 e. The Bertz CT molecular complexity index is 1240. The van der Waals surface area contributed by atoms with Crippen LogP contribution in [0.2, 0.25) is 0 Å². The number of nitrogen functional groups attached to an aromatic ring is 1. The molecule has 2 atom stereocenters. The number of alkyl halides is 2. The van der Waals surface area contributed by atoms with Crippen LogP contribution in [0.3, 0.4) is 0 Å². The predicted molar refractivity (Wildman–Crippen MR) is 140 cm³/mol. The number of hydrogen-bond acceptors (Lipinski definition) is 7. The van der Waals surface area contributed by atoms with Crippen LogP contribution < -0.4 is 17.0 Å². The molecule has 2 saturated carbocycles. The van der Waals surface area contributed by atoms with E-state index in [1.54, 1.807) is 11.9 Å². The van der Waals surface area contributed by atoms with Crippen LogP contribution >= 0.6 is 0 Å². The number of ether oxygens (including phenoxy) is 1. The molecule has 4 fully saturated rings. The molecule has 222 valence electrons. The normalized spacial score (nSPS) is 25.1. The summed E-state index contributed by atoms with van der Waals surface area (Å²) in [6.45, 7) is 1.96. The Morgan fingerprint density at radius 1 is 1.07 bits per heavy atom. The van der Waals surface area contributed by atoms with Crippen molar-refractivity contribution in [2.45, 2.75) is 76.3 Å². The second-order valence-electron chi connectivity index (χ2n) is 11.4. The standard InChI is InChI=1S/C15H24N2O3.C11H14F2N4O3/c1-16-14(18)13(7-11-5-3-2-4-6-11)17(15(16)19)8-12-9-20-10-12;12-11(13)2-1-5(3-11)4-17-9(19)6(7(14)15)8(18)16-10(17)20/h11-13H,2-10H2,1H3;5,19H,1-4H2,(H3,14,15)(H,16,18,20). The fourth-order valence-electron chi connectivity index (χ4n) is 6.04. The minimum absolute atomic E-state index is 0.0131. The van der Waals surface area contributed by atoms with Crippen molar-refractivity contribution in [2.24, 2.45) is 23.5 Å². The van der Waals surface area contributed by atoms with Crippen molar-refractivity contribution in [3.8, 4) is 5.88 Å². The van der Waals surface area contributed by atoms with Crippen molar-refractivity contribution < 1.29 is 28.2 Å². The van der Waals surface area contributed by atoms with Gasteiger partial charge in [-0.25, -0.2) is 18.4 Å². The third kappa shape index (κ3) is 6.53. The van der Waals surface area contributed by atoms with E-state index in [1.807, 2.05) is 4.98 Å². The monoisotopic (exact) mass is 568 g/mol. The van der Waals surface area contributed by atoms with Crippen molar-refractivity contribution in [3.05, 3.63) is 26.4 Å². The van der Waals surface area contributed by atoms with E-state index >= 15 is 0 Å². The number of nitrogens with zero attached hydrogens (tertiary/aromatic N) is 3.